The van der Waals surface area contributed by atoms with Crippen molar-refractivity contribution in [3.05, 3.63) is 367 Å². The lowest BCUT2D eigenvalue weighted by Crippen LogP contribution is -2.10. The first kappa shape index (κ1) is 63.8. The van der Waals surface area contributed by atoms with Crippen LogP contribution in [-0.2, 0) is 0 Å². The molecule has 0 bridgehead atoms. The standard InChI is InChI=1S/C97H75N5O3/c1-62-26-32-71(33-27-62)98(74-20-8-14-63(2)50-74)72-34-28-69(29-35-72)70-30-36-73(37-31-70)99(75-21-9-15-64(3)51-75)80-38-44-92-86(56-80)88-58-82(40-46-94(88)103-92)101(78-24-12-18-67(6)54-78)84-42-48-96-90(60-84)91-61-85(43-49-97(91)105-96)102(79-25-13-19-68(7)55-79)83-41-47-95-89(59-83)87-57-81(39-45-93(87)104-95)100(76-22-10-16-65(4)52-76)77-23-11-17-66(5)53-77/h8-61H,1-7H3. The van der Waals surface area contributed by atoms with Crippen molar-refractivity contribution < 1.29 is 13.3 Å². The van der Waals surface area contributed by atoms with E-state index in [0.29, 0.717) is 0 Å². The lowest BCUT2D eigenvalue weighted by Gasteiger charge is -2.27. The lowest BCUT2D eigenvalue weighted by molar-refractivity contribution is 0.668. The second-order valence-corrected chi connectivity index (χ2v) is 28.0. The van der Waals surface area contributed by atoms with Gasteiger partial charge in [0.2, 0.25) is 0 Å². The fourth-order valence-corrected chi connectivity index (χ4v) is 15.2. The molecule has 3 heterocycles. The third-order valence-electron chi connectivity index (χ3n) is 20.3. The normalized spacial score (nSPS) is 11.6. The Morgan fingerprint density at radius 2 is 0.324 bits per heavy atom. The molecular formula is C97H75N5O3. The molecule has 8 heteroatoms. The molecule has 0 atom stereocenters. The van der Waals surface area contributed by atoms with Crippen molar-refractivity contribution in [3.63, 3.8) is 0 Å². The van der Waals surface area contributed by atoms with Gasteiger partial charge in [-0.2, -0.15) is 0 Å². The van der Waals surface area contributed by atoms with Crippen molar-refractivity contribution in [1.29, 1.82) is 0 Å². The molecule has 0 amide bonds. The summed E-state index contributed by atoms with van der Waals surface area (Å²) in [6.07, 6.45) is 0. The quantitative estimate of drug-likeness (QED) is 0.0949. The van der Waals surface area contributed by atoms with Gasteiger partial charge in [0.15, 0.2) is 0 Å². The molecule has 0 aliphatic rings. The summed E-state index contributed by atoms with van der Waals surface area (Å²) < 4.78 is 20.2. The fraction of sp³-hybridized carbons (Fsp3) is 0.0722. The second-order valence-electron chi connectivity index (χ2n) is 28.0. The highest BCUT2D eigenvalue weighted by Crippen LogP contribution is 2.48. The molecule has 0 radical (unpaired) electrons. The van der Waals surface area contributed by atoms with Gasteiger partial charge in [-0.1, -0.05) is 115 Å². The van der Waals surface area contributed by atoms with E-state index in [-0.39, 0.29) is 0 Å². The van der Waals surface area contributed by atoms with Gasteiger partial charge in [-0.3, -0.25) is 0 Å². The molecule has 3 aromatic heterocycles. The van der Waals surface area contributed by atoms with Crippen molar-refractivity contribution in [1.82, 2.24) is 0 Å². The Labute approximate surface area is 611 Å². The minimum absolute atomic E-state index is 0.801. The summed E-state index contributed by atoms with van der Waals surface area (Å²) in [6, 6.07) is 118. The van der Waals surface area contributed by atoms with E-state index in [0.717, 1.165) is 173 Å². The highest BCUT2D eigenvalue weighted by Gasteiger charge is 2.24. The van der Waals surface area contributed by atoms with E-state index in [1.54, 1.807) is 0 Å². The first-order chi connectivity index (χ1) is 51.3. The van der Waals surface area contributed by atoms with Gasteiger partial charge < -0.3 is 37.8 Å². The van der Waals surface area contributed by atoms with Crippen LogP contribution in [0.4, 0.5) is 85.3 Å². The van der Waals surface area contributed by atoms with E-state index < -0.39 is 0 Å². The van der Waals surface area contributed by atoms with Crippen LogP contribution < -0.4 is 24.5 Å². The van der Waals surface area contributed by atoms with Crippen LogP contribution in [0.5, 0.6) is 0 Å². The van der Waals surface area contributed by atoms with Gasteiger partial charge in [0.05, 0.1) is 0 Å². The van der Waals surface area contributed by atoms with E-state index >= 15 is 0 Å². The molecule has 0 fully saturated rings. The molecule has 8 nitrogen and oxygen atoms in total. The number of hydrogen-bond donors (Lipinski definition) is 0. The molecule has 15 aromatic carbocycles. The average Bonchev–Trinajstić information content (AvgIpc) is 1.60. The SMILES string of the molecule is Cc1ccc(N(c2ccc(-c3ccc(N(c4cccc(C)c4)c4ccc5oc6ccc(N(c7cccc(C)c7)c7ccc8oc9ccc(N(c%10cccc(C)c%10)c%10ccc%11oc%12ccc(N(c%13cccc(C)c%13)c%13cccc(C)c%13)cc%12c%11c%10)cc9c8c7)cc6c5c4)cc3)cc2)c2cccc(C)c2)cc1. The number of anilines is 15. The van der Waals surface area contributed by atoms with Crippen LogP contribution in [0.25, 0.3) is 76.9 Å². The van der Waals surface area contributed by atoms with Crippen LogP contribution >= 0.6 is 0 Å². The summed E-state index contributed by atoms with van der Waals surface area (Å²) in [4.78, 5) is 11.7. The number of benzene rings is 15. The van der Waals surface area contributed by atoms with Crippen LogP contribution in [0.3, 0.4) is 0 Å². The van der Waals surface area contributed by atoms with Gasteiger partial charge in [-0.15, -0.1) is 0 Å². The Morgan fingerprint density at radius 3 is 0.533 bits per heavy atom. The summed E-state index contributed by atoms with van der Waals surface area (Å²) >= 11 is 0. The predicted octanol–water partition coefficient (Wildman–Crippen LogP) is 28.6. The van der Waals surface area contributed by atoms with Crippen molar-refractivity contribution in [2.75, 3.05) is 24.5 Å². The summed E-state index contributed by atoms with van der Waals surface area (Å²) in [5.41, 5.74) is 31.2. The smallest absolute Gasteiger partial charge is 0.135 e. The highest BCUT2D eigenvalue weighted by atomic mass is 16.3. The number of nitrogens with zero attached hydrogens (tertiary/aromatic N) is 5. The largest absolute Gasteiger partial charge is 0.456 e. The number of hydrogen-bond acceptors (Lipinski definition) is 8. The highest BCUT2D eigenvalue weighted by molar-refractivity contribution is 6.12. The Kier molecular flexibility index (Phi) is 16.0. The van der Waals surface area contributed by atoms with E-state index in [9.17, 15) is 0 Å². The first-order valence-electron chi connectivity index (χ1n) is 35.9. The molecule has 105 heavy (non-hydrogen) atoms. The fourth-order valence-electron chi connectivity index (χ4n) is 15.2. The lowest BCUT2D eigenvalue weighted by atomic mass is 10.0. The zero-order valence-electron chi connectivity index (χ0n) is 59.6. The van der Waals surface area contributed by atoms with Gasteiger partial charge in [-0.25, -0.2) is 0 Å². The summed E-state index contributed by atoms with van der Waals surface area (Å²) in [7, 11) is 0. The number of aryl methyl sites for hydroxylation is 7. The van der Waals surface area contributed by atoms with Crippen molar-refractivity contribution in [3.8, 4) is 11.1 Å². The molecule has 0 saturated heterocycles. The number of rotatable bonds is 16. The van der Waals surface area contributed by atoms with E-state index in [1.807, 2.05) is 0 Å². The number of fused-ring (bicyclic) bond motifs is 9. The average molecular weight is 1360 g/mol. The van der Waals surface area contributed by atoms with Crippen LogP contribution in [-0.4, -0.2) is 0 Å². The van der Waals surface area contributed by atoms with Crippen molar-refractivity contribution >= 4 is 151 Å². The molecule has 18 aromatic rings. The molecule has 506 valence electrons. The minimum atomic E-state index is 0.801. The Balaban J connectivity index is 0.704. The zero-order chi connectivity index (χ0) is 71.0. The minimum Gasteiger partial charge on any atom is -0.456 e. The molecule has 0 spiro atoms. The molecular weight excluding hydrogens is 1280 g/mol. The van der Waals surface area contributed by atoms with Gasteiger partial charge in [-0.05, 0) is 311 Å². The van der Waals surface area contributed by atoms with Crippen LogP contribution in [0.15, 0.2) is 341 Å². The van der Waals surface area contributed by atoms with Crippen molar-refractivity contribution in [2.24, 2.45) is 0 Å². The van der Waals surface area contributed by atoms with Gasteiger partial charge in [0.25, 0.3) is 0 Å². The zero-order valence-corrected chi connectivity index (χ0v) is 59.6. The molecule has 0 saturated carbocycles. The summed E-state index contributed by atoms with van der Waals surface area (Å²) in [5, 5.41) is 6.10. The number of furan rings is 3. The van der Waals surface area contributed by atoms with E-state index in [1.165, 1.54) is 27.8 Å². The molecule has 0 aliphatic heterocycles. The predicted molar refractivity (Wildman–Crippen MR) is 440 cm³/mol. The monoisotopic (exact) mass is 1360 g/mol. The Bertz CT molecular complexity index is 6310. The maximum absolute atomic E-state index is 6.78. The molecule has 0 N–H and O–H groups in total. The third kappa shape index (κ3) is 12.1. The van der Waals surface area contributed by atoms with Crippen molar-refractivity contribution in [2.45, 2.75) is 48.5 Å². The first-order valence-corrected chi connectivity index (χ1v) is 35.9. The molecule has 0 aliphatic carbocycles. The topological polar surface area (TPSA) is 55.6 Å². The Hall–Kier alpha value is -13.3. The summed E-state index contributed by atoms with van der Waals surface area (Å²) in [5.74, 6) is 0. The van der Waals surface area contributed by atoms with Crippen LogP contribution in [0.2, 0.25) is 0 Å². The Morgan fingerprint density at radius 1 is 0.152 bits per heavy atom. The maximum atomic E-state index is 6.78. The van der Waals surface area contributed by atoms with Crippen LogP contribution in [0, 0.1) is 48.5 Å². The van der Waals surface area contributed by atoms with Gasteiger partial charge in [0.1, 0.15) is 33.5 Å². The molecule has 18 rings (SSSR count). The molecule has 0 unspecified atom stereocenters. The van der Waals surface area contributed by atoms with E-state index in [4.69, 9.17) is 13.3 Å². The summed E-state index contributed by atoms with van der Waals surface area (Å²) in [6.45, 7) is 15.0. The second kappa shape index (κ2) is 26.3. The third-order valence-corrected chi connectivity index (χ3v) is 20.3. The van der Waals surface area contributed by atoms with E-state index in [2.05, 4.69) is 401 Å². The maximum Gasteiger partial charge on any atom is 0.135 e. The van der Waals surface area contributed by atoms with Crippen LogP contribution in [0.1, 0.15) is 38.9 Å². The van der Waals surface area contributed by atoms with Gasteiger partial charge >= 0.3 is 0 Å². The van der Waals surface area contributed by atoms with Gasteiger partial charge in [0, 0.05) is 118 Å².